The number of esters is 1. The predicted octanol–water partition coefficient (Wildman–Crippen LogP) is 3.28. The highest BCUT2D eigenvalue weighted by Crippen LogP contribution is 2.24. The van der Waals surface area contributed by atoms with E-state index in [0.29, 0.717) is 17.9 Å². The van der Waals surface area contributed by atoms with E-state index in [-0.39, 0.29) is 5.78 Å². The summed E-state index contributed by atoms with van der Waals surface area (Å²) in [4.78, 5) is 24.1. The van der Waals surface area contributed by atoms with Gasteiger partial charge in [-0.3, -0.25) is 9.59 Å². The van der Waals surface area contributed by atoms with Crippen molar-refractivity contribution in [2.24, 2.45) is 5.92 Å². The highest BCUT2D eigenvalue weighted by atomic mass is 79.9. The second-order valence-electron chi connectivity index (χ2n) is 3.21. The smallest absolute Gasteiger partial charge is 0.316 e. The molecule has 1 rings (SSSR count). The zero-order chi connectivity index (χ0) is 12.1. The first-order valence-electron chi connectivity index (χ1n) is 5.05. The molecule has 0 amide bonds. The number of Topliss-reactive ketones (excluding diaryl/α,β-unsaturated/α-hetero) is 1. The van der Waals surface area contributed by atoms with Crippen LogP contribution in [0.5, 0.6) is 0 Å². The van der Waals surface area contributed by atoms with Crippen LogP contribution in [0.4, 0.5) is 0 Å². The number of carbonyl (C=O) groups is 2. The molecule has 1 aromatic rings. The third kappa shape index (κ3) is 3.15. The first-order valence-corrected chi connectivity index (χ1v) is 6.72. The van der Waals surface area contributed by atoms with E-state index in [0.717, 1.165) is 4.47 Å². The Balaban J connectivity index is 2.81. The molecule has 16 heavy (non-hydrogen) atoms. The van der Waals surface area contributed by atoms with Gasteiger partial charge in [-0.1, -0.05) is 6.92 Å². The minimum absolute atomic E-state index is 0.156. The number of carbonyl (C=O) groups excluding carboxylic acids is 2. The molecule has 1 aromatic heterocycles. The van der Waals surface area contributed by atoms with E-state index in [2.05, 4.69) is 15.9 Å². The second kappa shape index (κ2) is 6.15. The maximum atomic E-state index is 12.0. The van der Waals surface area contributed by atoms with Gasteiger partial charge < -0.3 is 4.74 Å². The highest BCUT2D eigenvalue weighted by molar-refractivity contribution is 9.10. The fourth-order valence-electron chi connectivity index (χ4n) is 1.32. The van der Waals surface area contributed by atoms with Crippen molar-refractivity contribution in [1.29, 1.82) is 0 Å². The number of ether oxygens (including phenoxy) is 1. The molecule has 0 saturated heterocycles. The lowest BCUT2D eigenvalue weighted by Crippen LogP contribution is -2.25. The maximum Gasteiger partial charge on any atom is 0.316 e. The first kappa shape index (κ1) is 13.4. The van der Waals surface area contributed by atoms with Crippen molar-refractivity contribution in [3.8, 4) is 0 Å². The SMILES string of the molecule is CCOC(=O)C(CC)C(=O)c1cc(Br)cs1. The van der Waals surface area contributed by atoms with Crippen LogP contribution in [0.3, 0.4) is 0 Å². The van der Waals surface area contributed by atoms with Crippen molar-refractivity contribution in [2.75, 3.05) is 6.61 Å². The molecule has 5 heteroatoms. The normalized spacial score (nSPS) is 12.2. The summed E-state index contributed by atoms with van der Waals surface area (Å²) in [5, 5.41) is 1.82. The Bertz CT molecular complexity index is 386. The van der Waals surface area contributed by atoms with Crippen LogP contribution in [0.15, 0.2) is 15.9 Å². The minimum atomic E-state index is -0.675. The van der Waals surface area contributed by atoms with Crippen LogP contribution in [0, 0.1) is 5.92 Å². The summed E-state index contributed by atoms with van der Waals surface area (Å²) < 4.78 is 5.74. The summed E-state index contributed by atoms with van der Waals surface area (Å²) in [7, 11) is 0. The van der Waals surface area contributed by atoms with Gasteiger partial charge in [-0.05, 0) is 35.3 Å². The lowest BCUT2D eigenvalue weighted by atomic mass is 10.0. The molecule has 0 saturated carbocycles. The van der Waals surface area contributed by atoms with E-state index < -0.39 is 11.9 Å². The topological polar surface area (TPSA) is 43.4 Å². The predicted molar refractivity (Wildman–Crippen MR) is 66.8 cm³/mol. The number of hydrogen-bond donors (Lipinski definition) is 0. The third-order valence-electron chi connectivity index (χ3n) is 2.11. The summed E-state index contributed by atoms with van der Waals surface area (Å²) in [5.74, 6) is -1.26. The fraction of sp³-hybridized carbons (Fsp3) is 0.455. The van der Waals surface area contributed by atoms with Crippen LogP contribution < -0.4 is 0 Å². The molecule has 0 aliphatic heterocycles. The van der Waals surface area contributed by atoms with Crippen LogP contribution in [0.25, 0.3) is 0 Å². The summed E-state index contributed by atoms with van der Waals surface area (Å²) in [6.07, 6.45) is 0.465. The standard InChI is InChI=1S/C11H13BrO3S/c1-3-8(11(14)15-4-2)10(13)9-5-7(12)6-16-9/h5-6,8H,3-4H2,1-2H3. The monoisotopic (exact) mass is 304 g/mol. The Hall–Kier alpha value is -0.680. The average molecular weight is 305 g/mol. The molecule has 0 N–H and O–H groups in total. The van der Waals surface area contributed by atoms with Gasteiger partial charge in [0.25, 0.3) is 0 Å². The van der Waals surface area contributed by atoms with Gasteiger partial charge in [0, 0.05) is 9.85 Å². The van der Waals surface area contributed by atoms with Crippen molar-refractivity contribution < 1.29 is 14.3 Å². The Morgan fingerprint density at radius 3 is 2.62 bits per heavy atom. The summed E-state index contributed by atoms with van der Waals surface area (Å²) >= 11 is 4.61. The summed E-state index contributed by atoms with van der Waals surface area (Å²) in [6, 6.07) is 1.73. The average Bonchev–Trinajstić information content (AvgIpc) is 2.66. The largest absolute Gasteiger partial charge is 0.465 e. The molecule has 0 bridgehead atoms. The zero-order valence-corrected chi connectivity index (χ0v) is 11.6. The van der Waals surface area contributed by atoms with Crippen LogP contribution in [-0.4, -0.2) is 18.4 Å². The molecule has 1 atom stereocenters. The van der Waals surface area contributed by atoms with Gasteiger partial charge in [-0.25, -0.2) is 0 Å². The van der Waals surface area contributed by atoms with Gasteiger partial charge >= 0.3 is 5.97 Å². The number of thiophene rings is 1. The van der Waals surface area contributed by atoms with Crippen LogP contribution in [0.1, 0.15) is 29.9 Å². The van der Waals surface area contributed by atoms with Gasteiger partial charge in [0.15, 0.2) is 5.78 Å². The molecule has 0 spiro atoms. The number of rotatable bonds is 5. The molecular formula is C11H13BrO3S. The quantitative estimate of drug-likeness (QED) is 0.476. The first-order chi connectivity index (χ1) is 7.60. The van der Waals surface area contributed by atoms with E-state index in [1.807, 2.05) is 12.3 Å². The molecular weight excluding hydrogens is 292 g/mol. The Labute approximate surface area is 107 Å². The molecule has 0 fully saturated rings. The van der Waals surface area contributed by atoms with Gasteiger partial charge in [0.2, 0.25) is 0 Å². The lowest BCUT2D eigenvalue weighted by molar-refractivity contribution is -0.146. The van der Waals surface area contributed by atoms with E-state index in [4.69, 9.17) is 4.74 Å². The van der Waals surface area contributed by atoms with E-state index in [1.165, 1.54) is 11.3 Å². The molecule has 1 unspecified atom stereocenters. The highest BCUT2D eigenvalue weighted by Gasteiger charge is 2.27. The van der Waals surface area contributed by atoms with Crippen molar-refractivity contribution in [3.05, 3.63) is 20.8 Å². The molecule has 0 aliphatic carbocycles. The van der Waals surface area contributed by atoms with Crippen molar-refractivity contribution in [2.45, 2.75) is 20.3 Å². The van der Waals surface area contributed by atoms with E-state index in [1.54, 1.807) is 13.0 Å². The van der Waals surface area contributed by atoms with Crippen LogP contribution in [-0.2, 0) is 9.53 Å². The minimum Gasteiger partial charge on any atom is -0.465 e. The molecule has 0 aromatic carbocycles. The summed E-state index contributed by atoms with van der Waals surface area (Å²) in [6.45, 7) is 3.84. The number of ketones is 1. The van der Waals surface area contributed by atoms with Crippen molar-refractivity contribution >= 4 is 39.0 Å². The van der Waals surface area contributed by atoms with E-state index >= 15 is 0 Å². The molecule has 0 radical (unpaired) electrons. The van der Waals surface area contributed by atoms with Gasteiger partial charge in [-0.15, -0.1) is 11.3 Å². The van der Waals surface area contributed by atoms with Crippen molar-refractivity contribution in [1.82, 2.24) is 0 Å². The molecule has 1 heterocycles. The number of hydrogen-bond acceptors (Lipinski definition) is 4. The van der Waals surface area contributed by atoms with Gasteiger partial charge in [0.05, 0.1) is 11.5 Å². The molecule has 88 valence electrons. The fourth-order valence-corrected chi connectivity index (χ4v) is 2.74. The van der Waals surface area contributed by atoms with Crippen LogP contribution >= 0.6 is 27.3 Å². The Morgan fingerprint density at radius 1 is 1.50 bits per heavy atom. The summed E-state index contributed by atoms with van der Waals surface area (Å²) in [5.41, 5.74) is 0. The number of halogens is 1. The zero-order valence-electron chi connectivity index (χ0n) is 9.16. The Kier molecular flexibility index (Phi) is 5.15. The van der Waals surface area contributed by atoms with E-state index in [9.17, 15) is 9.59 Å². The van der Waals surface area contributed by atoms with Gasteiger partial charge in [-0.2, -0.15) is 0 Å². The van der Waals surface area contributed by atoms with Crippen LogP contribution in [0.2, 0.25) is 0 Å². The van der Waals surface area contributed by atoms with Crippen molar-refractivity contribution in [3.63, 3.8) is 0 Å². The third-order valence-corrected chi connectivity index (χ3v) is 3.81. The molecule has 3 nitrogen and oxygen atoms in total. The maximum absolute atomic E-state index is 12.0. The molecule has 0 aliphatic rings. The van der Waals surface area contributed by atoms with Gasteiger partial charge in [0.1, 0.15) is 5.92 Å². The Morgan fingerprint density at radius 2 is 2.19 bits per heavy atom. The second-order valence-corrected chi connectivity index (χ2v) is 5.03. The lowest BCUT2D eigenvalue weighted by Gasteiger charge is -2.10.